The maximum Gasteiger partial charge on any atom is 0.308 e. The van der Waals surface area contributed by atoms with Crippen LogP contribution in [-0.4, -0.2) is 21.8 Å². The minimum absolute atomic E-state index is 0.0636. The number of carbonyl (C=O) groups is 1. The molecule has 0 bridgehead atoms. The molecule has 3 rings (SSSR count). The number of nitrogens with zero attached hydrogens (tertiary/aromatic N) is 2. The Morgan fingerprint density at radius 3 is 2.48 bits per heavy atom. The lowest BCUT2D eigenvalue weighted by Crippen LogP contribution is -2.03. The van der Waals surface area contributed by atoms with Crippen LogP contribution in [0.2, 0.25) is 0 Å². The summed E-state index contributed by atoms with van der Waals surface area (Å²) in [6.07, 6.45) is 0.709. The van der Waals surface area contributed by atoms with Gasteiger partial charge in [0.1, 0.15) is 0 Å². The van der Waals surface area contributed by atoms with Crippen LogP contribution in [0.5, 0.6) is 0 Å². The van der Waals surface area contributed by atoms with E-state index in [4.69, 9.17) is 0 Å². The first-order chi connectivity index (χ1) is 13.1. The van der Waals surface area contributed by atoms with Gasteiger partial charge in [0, 0.05) is 10.4 Å². The molecule has 0 aliphatic carbocycles. The highest BCUT2D eigenvalue weighted by molar-refractivity contribution is 7.16. The molecule has 27 heavy (non-hydrogen) atoms. The Bertz CT molecular complexity index is 947. The van der Waals surface area contributed by atoms with Crippen molar-refractivity contribution in [3.8, 4) is 11.3 Å². The first-order valence-corrected chi connectivity index (χ1v) is 9.55. The molecule has 6 heteroatoms. The summed E-state index contributed by atoms with van der Waals surface area (Å²) in [6, 6.07) is 17.8. The Labute approximate surface area is 162 Å². The lowest BCUT2D eigenvalue weighted by atomic mass is 10.1. The van der Waals surface area contributed by atoms with Gasteiger partial charge in [-0.3, -0.25) is 10.2 Å². The molecule has 0 spiro atoms. The van der Waals surface area contributed by atoms with Crippen molar-refractivity contribution in [1.29, 1.82) is 0 Å². The molecule has 1 aromatic heterocycles. The molecule has 3 aromatic rings. The van der Waals surface area contributed by atoms with Crippen LogP contribution in [0.25, 0.3) is 11.3 Å². The fourth-order valence-electron chi connectivity index (χ4n) is 2.69. The molecule has 0 fully saturated rings. The quantitative estimate of drug-likeness (QED) is 0.449. The van der Waals surface area contributed by atoms with E-state index < -0.39 is 5.97 Å². The van der Waals surface area contributed by atoms with Crippen molar-refractivity contribution in [2.45, 2.75) is 26.7 Å². The summed E-state index contributed by atoms with van der Waals surface area (Å²) in [7, 11) is 0. The van der Waals surface area contributed by atoms with Crippen molar-refractivity contribution in [2.24, 2.45) is 5.10 Å². The SMILES string of the molecule is CCC(=NNc1nc(-c2ccccc2)c(CC(=O)O)s1)c1ccc(C)cc1. The first-order valence-electron chi connectivity index (χ1n) is 8.73. The second-order valence-electron chi connectivity index (χ2n) is 6.12. The minimum Gasteiger partial charge on any atom is -0.481 e. The Morgan fingerprint density at radius 2 is 1.85 bits per heavy atom. The van der Waals surface area contributed by atoms with Gasteiger partial charge in [-0.2, -0.15) is 5.10 Å². The number of nitrogens with one attached hydrogen (secondary N) is 1. The summed E-state index contributed by atoms with van der Waals surface area (Å²) in [6.45, 7) is 4.10. The van der Waals surface area contributed by atoms with Crippen LogP contribution in [-0.2, 0) is 11.2 Å². The van der Waals surface area contributed by atoms with Crippen LogP contribution in [0.1, 0.15) is 29.3 Å². The molecule has 0 radical (unpaired) electrons. The number of thiazole rings is 1. The zero-order valence-corrected chi connectivity index (χ0v) is 16.1. The number of benzene rings is 2. The molecule has 0 saturated carbocycles. The van der Waals surface area contributed by atoms with Crippen LogP contribution in [0.15, 0.2) is 59.7 Å². The zero-order valence-electron chi connectivity index (χ0n) is 15.3. The number of rotatable bonds is 7. The molecule has 0 unspecified atom stereocenters. The van der Waals surface area contributed by atoms with Gasteiger partial charge in [-0.15, -0.1) is 0 Å². The number of hydrazone groups is 1. The minimum atomic E-state index is -0.875. The van der Waals surface area contributed by atoms with Crippen LogP contribution in [0, 0.1) is 6.92 Å². The number of aliphatic carboxylic acids is 1. The molecule has 2 N–H and O–H groups in total. The average molecular weight is 379 g/mol. The fraction of sp³-hybridized carbons (Fsp3) is 0.190. The van der Waals surface area contributed by atoms with Gasteiger partial charge >= 0.3 is 5.97 Å². The van der Waals surface area contributed by atoms with E-state index in [0.717, 1.165) is 23.3 Å². The van der Waals surface area contributed by atoms with Gasteiger partial charge in [-0.25, -0.2) is 4.98 Å². The van der Waals surface area contributed by atoms with Crippen molar-refractivity contribution in [3.05, 3.63) is 70.6 Å². The normalized spacial score (nSPS) is 11.4. The Kier molecular flexibility index (Phi) is 5.98. The highest BCUT2D eigenvalue weighted by atomic mass is 32.1. The predicted molar refractivity (Wildman–Crippen MR) is 111 cm³/mol. The number of aromatic nitrogens is 1. The van der Waals surface area contributed by atoms with E-state index in [1.807, 2.05) is 49.4 Å². The van der Waals surface area contributed by atoms with Crippen LogP contribution >= 0.6 is 11.3 Å². The van der Waals surface area contributed by atoms with E-state index in [1.54, 1.807) is 0 Å². The lowest BCUT2D eigenvalue weighted by molar-refractivity contribution is -0.136. The third-order valence-electron chi connectivity index (χ3n) is 4.06. The fourth-order valence-corrected chi connectivity index (χ4v) is 3.60. The van der Waals surface area contributed by atoms with Gasteiger partial charge in [0.05, 0.1) is 17.8 Å². The number of hydrogen-bond acceptors (Lipinski definition) is 5. The monoisotopic (exact) mass is 379 g/mol. The maximum atomic E-state index is 11.2. The molecule has 138 valence electrons. The predicted octanol–water partition coefficient (Wildman–Crippen LogP) is 4.97. The van der Waals surface area contributed by atoms with Gasteiger partial charge in [-0.1, -0.05) is 78.4 Å². The highest BCUT2D eigenvalue weighted by Gasteiger charge is 2.15. The summed E-state index contributed by atoms with van der Waals surface area (Å²) in [5.74, 6) is -0.875. The molecular formula is C21H21N3O2S. The summed E-state index contributed by atoms with van der Waals surface area (Å²) in [5, 5.41) is 14.3. The van der Waals surface area contributed by atoms with Crippen molar-refractivity contribution in [1.82, 2.24) is 4.98 Å². The first kappa shape index (κ1) is 18.8. The summed E-state index contributed by atoms with van der Waals surface area (Å²) >= 11 is 1.32. The molecule has 0 amide bonds. The topological polar surface area (TPSA) is 74.6 Å². The van der Waals surface area contributed by atoms with Crippen LogP contribution < -0.4 is 5.43 Å². The van der Waals surface area contributed by atoms with E-state index in [2.05, 4.69) is 34.6 Å². The zero-order chi connectivity index (χ0) is 19.2. The van der Waals surface area contributed by atoms with Crippen molar-refractivity contribution >= 4 is 28.1 Å². The van der Waals surface area contributed by atoms with Crippen LogP contribution in [0.3, 0.4) is 0 Å². The lowest BCUT2D eigenvalue weighted by Gasteiger charge is -2.04. The van der Waals surface area contributed by atoms with Crippen LogP contribution in [0.4, 0.5) is 5.13 Å². The van der Waals surface area contributed by atoms with E-state index in [0.29, 0.717) is 15.7 Å². The van der Waals surface area contributed by atoms with E-state index >= 15 is 0 Å². The van der Waals surface area contributed by atoms with E-state index in [-0.39, 0.29) is 6.42 Å². The Morgan fingerprint density at radius 1 is 1.15 bits per heavy atom. The number of anilines is 1. The molecule has 0 aliphatic heterocycles. The molecule has 5 nitrogen and oxygen atoms in total. The highest BCUT2D eigenvalue weighted by Crippen LogP contribution is 2.31. The van der Waals surface area contributed by atoms with Gasteiger partial charge in [-0.05, 0) is 18.9 Å². The van der Waals surface area contributed by atoms with Crippen molar-refractivity contribution in [2.75, 3.05) is 5.43 Å². The standard InChI is InChI=1S/C21H21N3O2S/c1-3-17(15-11-9-14(2)10-12-15)23-24-21-22-20(16-7-5-4-6-8-16)18(27-21)13-19(25)26/h4-12H,3,13H2,1-2H3,(H,22,24)(H,25,26). The largest absolute Gasteiger partial charge is 0.481 e. The smallest absolute Gasteiger partial charge is 0.308 e. The second-order valence-corrected chi connectivity index (χ2v) is 7.20. The Hall–Kier alpha value is -2.99. The second kappa shape index (κ2) is 8.60. The summed E-state index contributed by atoms with van der Waals surface area (Å²) in [4.78, 5) is 16.5. The van der Waals surface area contributed by atoms with E-state index in [9.17, 15) is 9.90 Å². The summed E-state index contributed by atoms with van der Waals surface area (Å²) in [5.41, 5.74) is 7.78. The Balaban J connectivity index is 1.89. The van der Waals surface area contributed by atoms with Gasteiger partial charge in [0.25, 0.3) is 0 Å². The van der Waals surface area contributed by atoms with Crippen molar-refractivity contribution < 1.29 is 9.90 Å². The van der Waals surface area contributed by atoms with Crippen molar-refractivity contribution in [3.63, 3.8) is 0 Å². The van der Waals surface area contributed by atoms with Gasteiger partial charge in [0.15, 0.2) is 0 Å². The molecule has 2 aromatic carbocycles. The number of hydrogen-bond donors (Lipinski definition) is 2. The number of carboxylic acids is 1. The molecule has 1 heterocycles. The molecule has 0 atom stereocenters. The average Bonchev–Trinajstić information content (AvgIpc) is 3.06. The number of carboxylic acid groups (broad SMARTS) is 1. The maximum absolute atomic E-state index is 11.2. The number of aryl methyl sites for hydroxylation is 1. The molecule has 0 saturated heterocycles. The van der Waals surface area contributed by atoms with E-state index in [1.165, 1.54) is 16.9 Å². The van der Waals surface area contributed by atoms with Gasteiger partial charge in [0.2, 0.25) is 5.13 Å². The third kappa shape index (κ3) is 4.80. The van der Waals surface area contributed by atoms with Gasteiger partial charge < -0.3 is 5.11 Å². The third-order valence-corrected chi connectivity index (χ3v) is 5.02. The summed E-state index contributed by atoms with van der Waals surface area (Å²) < 4.78 is 0. The molecular weight excluding hydrogens is 358 g/mol. The molecule has 0 aliphatic rings.